The molecule has 1 saturated heterocycles. The van der Waals surface area contributed by atoms with Crippen LogP contribution < -0.4 is 5.32 Å². The van der Waals surface area contributed by atoms with Crippen molar-refractivity contribution >= 4 is 29.3 Å². The molecule has 3 rings (SSSR count). The maximum Gasteiger partial charge on any atom is 0.248 e. The molecule has 2 fully saturated rings. The summed E-state index contributed by atoms with van der Waals surface area (Å²) >= 11 is 1.75. The van der Waals surface area contributed by atoms with E-state index in [0.29, 0.717) is 5.75 Å². The second-order valence-corrected chi connectivity index (χ2v) is 8.11. The molecular formula is C19H26N2O2S. The molecule has 1 heterocycles. The summed E-state index contributed by atoms with van der Waals surface area (Å²) in [5.74, 6) is 0.969. The second-order valence-electron chi connectivity index (χ2n) is 6.90. The highest BCUT2D eigenvalue weighted by atomic mass is 32.2. The standard InChI is InChI=1S/C19H26N2O2S/c1-4-5-17-21(19(23)14-7-8-14)16(11-24-17)18(22)20-15-9-6-12(2)13(3)10-15/h6,9-10,14,16-17H,4-5,7-8,11H2,1-3H3,(H,20,22)/t16-,17+/m0/s1. The molecular weight excluding hydrogens is 320 g/mol. The number of hydrogen-bond acceptors (Lipinski definition) is 3. The molecule has 130 valence electrons. The van der Waals surface area contributed by atoms with Crippen LogP contribution in [0.2, 0.25) is 0 Å². The van der Waals surface area contributed by atoms with E-state index in [1.54, 1.807) is 11.8 Å². The third kappa shape index (κ3) is 3.61. The Morgan fingerprint density at radius 3 is 2.62 bits per heavy atom. The molecule has 1 aromatic carbocycles. The van der Waals surface area contributed by atoms with E-state index in [9.17, 15) is 9.59 Å². The summed E-state index contributed by atoms with van der Waals surface area (Å²) in [4.78, 5) is 27.4. The van der Waals surface area contributed by atoms with E-state index in [1.807, 2.05) is 30.0 Å². The Balaban J connectivity index is 1.74. The maximum absolute atomic E-state index is 12.8. The highest BCUT2D eigenvalue weighted by molar-refractivity contribution is 8.00. The Labute approximate surface area is 148 Å². The lowest BCUT2D eigenvalue weighted by molar-refractivity contribution is -0.139. The van der Waals surface area contributed by atoms with Gasteiger partial charge in [-0.15, -0.1) is 11.8 Å². The number of anilines is 1. The van der Waals surface area contributed by atoms with Gasteiger partial charge in [-0.3, -0.25) is 9.59 Å². The lowest BCUT2D eigenvalue weighted by Gasteiger charge is -2.29. The molecule has 2 amide bonds. The summed E-state index contributed by atoms with van der Waals surface area (Å²) in [5.41, 5.74) is 3.17. The number of aryl methyl sites for hydroxylation is 2. The Morgan fingerprint density at radius 1 is 1.25 bits per heavy atom. The van der Waals surface area contributed by atoms with Crippen molar-refractivity contribution in [2.45, 2.75) is 57.9 Å². The van der Waals surface area contributed by atoms with Crippen molar-refractivity contribution in [2.75, 3.05) is 11.1 Å². The summed E-state index contributed by atoms with van der Waals surface area (Å²) in [6.07, 6.45) is 3.93. The Bertz CT molecular complexity index is 642. The van der Waals surface area contributed by atoms with Crippen LogP contribution in [0.5, 0.6) is 0 Å². The first-order chi connectivity index (χ1) is 11.5. The normalized spacial score (nSPS) is 23.4. The van der Waals surface area contributed by atoms with Crippen LogP contribution in [0.15, 0.2) is 18.2 Å². The van der Waals surface area contributed by atoms with E-state index >= 15 is 0 Å². The van der Waals surface area contributed by atoms with Crippen molar-refractivity contribution in [3.05, 3.63) is 29.3 Å². The minimum atomic E-state index is -0.346. The molecule has 2 aliphatic rings. The number of amides is 2. The lowest BCUT2D eigenvalue weighted by Crippen LogP contribution is -2.48. The molecule has 0 aromatic heterocycles. The molecule has 1 aromatic rings. The van der Waals surface area contributed by atoms with E-state index in [4.69, 9.17) is 0 Å². The van der Waals surface area contributed by atoms with Crippen LogP contribution in [0.25, 0.3) is 0 Å². The van der Waals surface area contributed by atoms with Crippen molar-refractivity contribution in [3.8, 4) is 0 Å². The summed E-state index contributed by atoms with van der Waals surface area (Å²) in [5, 5.41) is 3.16. The average Bonchev–Trinajstić information content (AvgIpc) is 3.31. The van der Waals surface area contributed by atoms with Gasteiger partial charge in [0.15, 0.2) is 0 Å². The summed E-state index contributed by atoms with van der Waals surface area (Å²) in [6, 6.07) is 5.59. The van der Waals surface area contributed by atoms with Crippen LogP contribution in [-0.4, -0.2) is 33.9 Å². The number of nitrogens with one attached hydrogen (secondary N) is 1. The van der Waals surface area contributed by atoms with E-state index in [-0.39, 0.29) is 29.1 Å². The molecule has 4 nitrogen and oxygen atoms in total. The van der Waals surface area contributed by atoms with Crippen LogP contribution in [0.3, 0.4) is 0 Å². The summed E-state index contributed by atoms with van der Waals surface area (Å²) in [6.45, 7) is 6.22. The van der Waals surface area contributed by atoms with E-state index in [0.717, 1.165) is 36.9 Å². The smallest absolute Gasteiger partial charge is 0.248 e. The van der Waals surface area contributed by atoms with Gasteiger partial charge >= 0.3 is 0 Å². The van der Waals surface area contributed by atoms with Gasteiger partial charge in [0.1, 0.15) is 6.04 Å². The van der Waals surface area contributed by atoms with Crippen molar-refractivity contribution in [1.29, 1.82) is 0 Å². The van der Waals surface area contributed by atoms with Crippen LogP contribution in [-0.2, 0) is 9.59 Å². The largest absolute Gasteiger partial charge is 0.324 e. The van der Waals surface area contributed by atoms with Gasteiger partial charge in [0.05, 0.1) is 5.37 Å². The molecule has 0 spiro atoms. The molecule has 1 saturated carbocycles. The molecule has 1 N–H and O–H groups in total. The lowest BCUT2D eigenvalue weighted by atomic mass is 10.1. The first-order valence-corrected chi connectivity index (χ1v) is 9.88. The SMILES string of the molecule is CCC[C@H]1SC[C@@H](C(=O)Nc2ccc(C)c(C)c2)N1C(=O)C1CC1. The summed E-state index contributed by atoms with van der Waals surface area (Å²) < 4.78 is 0. The molecule has 0 bridgehead atoms. The fraction of sp³-hybridized carbons (Fsp3) is 0.579. The molecule has 5 heteroatoms. The highest BCUT2D eigenvalue weighted by Crippen LogP contribution is 2.39. The van der Waals surface area contributed by atoms with Gasteiger partial charge in [-0.25, -0.2) is 0 Å². The van der Waals surface area contributed by atoms with E-state index in [1.165, 1.54) is 5.56 Å². The average molecular weight is 346 g/mol. The van der Waals surface area contributed by atoms with Crippen LogP contribution in [0.1, 0.15) is 43.7 Å². The van der Waals surface area contributed by atoms with Crippen molar-refractivity contribution in [2.24, 2.45) is 5.92 Å². The number of rotatable bonds is 5. The third-order valence-electron chi connectivity index (χ3n) is 4.89. The molecule has 2 atom stereocenters. The molecule has 0 unspecified atom stereocenters. The minimum absolute atomic E-state index is 0.0571. The van der Waals surface area contributed by atoms with Gasteiger partial charge in [0.25, 0.3) is 0 Å². The molecule has 0 radical (unpaired) electrons. The Morgan fingerprint density at radius 2 is 2.00 bits per heavy atom. The minimum Gasteiger partial charge on any atom is -0.324 e. The van der Waals surface area contributed by atoms with Gasteiger partial charge < -0.3 is 10.2 Å². The van der Waals surface area contributed by atoms with E-state index in [2.05, 4.69) is 19.2 Å². The maximum atomic E-state index is 12.8. The monoisotopic (exact) mass is 346 g/mol. The van der Waals surface area contributed by atoms with Crippen molar-refractivity contribution in [1.82, 2.24) is 4.90 Å². The van der Waals surface area contributed by atoms with E-state index < -0.39 is 0 Å². The number of hydrogen-bond donors (Lipinski definition) is 1. The Kier molecular flexibility index (Phi) is 5.18. The predicted molar refractivity (Wildman–Crippen MR) is 99.1 cm³/mol. The predicted octanol–water partition coefficient (Wildman–Crippen LogP) is 3.72. The zero-order valence-corrected chi connectivity index (χ0v) is 15.5. The van der Waals surface area contributed by atoms with Gasteiger partial charge in [0.2, 0.25) is 11.8 Å². The molecule has 1 aliphatic carbocycles. The number of carbonyl (C=O) groups is 2. The number of benzene rings is 1. The first kappa shape index (κ1) is 17.3. The first-order valence-electron chi connectivity index (χ1n) is 8.83. The number of nitrogens with zero attached hydrogens (tertiary/aromatic N) is 1. The van der Waals surface area contributed by atoms with Crippen LogP contribution >= 0.6 is 11.8 Å². The quantitative estimate of drug-likeness (QED) is 0.884. The van der Waals surface area contributed by atoms with Crippen LogP contribution in [0.4, 0.5) is 5.69 Å². The molecule has 1 aliphatic heterocycles. The second kappa shape index (κ2) is 7.18. The Hall–Kier alpha value is -1.49. The fourth-order valence-electron chi connectivity index (χ4n) is 3.12. The zero-order chi connectivity index (χ0) is 17.3. The topological polar surface area (TPSA) is 49.4 Å². The fourth-order valence-corrected chi connectivity index (χ4v) is 4.65. The van der Waals surface area contributed by atoms with Gasteiger partial charge in [-0.05, 0) is 56.4 Å². The summed E-state index contributed by atoms with van der Waals surface area (Å²) in [7, 11) is 0. The highest BCUT2D eigenvalue weighted by Gasteiger charge is 2.45. The van der Waals surface area contributed by atoms with Crippen LogP contribution in [0, 0.1) is 19.8 Å². The zero-order valence-electron chi connectivity index (χ0n) is 14.7. The van der Waals surface area contributed by atoms with Crippen molar-refractivity contribution < 1.29 is 9.59 Å². The van der Waals surface area contributed by atoms with Crippen molar-refractivity contribution in [3.63, 3.8) is 0 Å². The molecule has 24 heavy (non-hydrogen) atoms. The number of thioether (sulfide) groups is 1. The van der Waals surface area contributed by atoms with Gasteiger partial charge in [-0.2, -0.15) is 0 Å². The van der Waals surface area contributed by atoms with Gasteiger partial charge in [0, 0.05) is 17.4 Å². The van der Waals surface area contributed by atoms with Gasteiger partial charge in [-0.1, -0.05) is 19.4 Å². The third-order valence-corrected chi connectivity index (χ3v) is 6.24. The number of carbonyl (C=O) groups excluding carboxylic acids is 2.